The van der Waals surface area contributed by atoms with Gasteiger partial charge in [-0.05, 0) is 83.5 Å². The number of carbonyl (C=O) groups is 3. The molecule has 374 valence electrons. The number of ether oxygens (including phenoxy) is 3. The van der Waals surface area contributed by atoms with Crippen LogP contribution in [-0.4, -0.2) is 37.2 Å². The molecule has 0 radical (unpaired) electrons. The molecule has 64 heavy (non-hydrogen) atoms. The van der Waals surface area contributed by atoms with E-state index in [0.717, 1.165) is 83.5 Å². The van der Waals surface area contributed by atoms with Crippen LogP contribution in [0.15, 0.2) is 36.5 Å². The Morgan fingerprint density at radius 2 is 0.562 bits per heavy atom. The highest BCUT2D eigenvalue weighted by Gasteiger charge is 2.19. The Kier molecular flexibility index (Phi) is 51.3. The minimum Gasteiger partial charge on any atom is -0.462 e. The number of hydrogen-bond acceptors (Lipinski definition) is 6. The first-order valence-electron chi connectivity index (χ1n) is 28.0. The van der Waals surface area contributed by atoms with Crippen LogP contribution in [0.1, 0.15) is 297 Å². The van der Waals surface area contributed by atoms with Gasteiger partial charge in [0.2, 0.25) is 0 Å². The number of carbonyl (C=O) groups excluding carboxylic acids is 3. The Bertz CT molecular complexity index is 1080. The molecule has 0 fully saturated rings. The number of unbranched alkanes of at least 4 members (excludes halogenated alkanes) is 34. The molecule has 0 saturated carbocycles. The molecule has 1 unspecified atom stereocenters. The van der Waals surface area contributed by atoms with Crippen LogP contribution in [0.25, 0.3) is 0 Å². The van der Waals surface area contributed by atoms with Crippen molar-refractivity contribution in [2.45, 2.75) is 303 Å². The third-order valence-electron chi connectivity index (χ3n) is 12.3. The summed E-state index contributed by atoms with van der Waals surface area (Å²) in [5, 5.41) is 0. The van der Waals surface area contributed by atoms with Crippen molar-refractivity contribution in [3.8, 4) is 0 Å². The van der Waals surface area contributed by atoms with Crippen LogP contribution in [0.2, 0.25) is 0 Å². The van der Waals surface area contributed by atoms with E-state index in [2.05, 4.69) is 57.2 Å². The normalized spacial score (nSPS) is 12.2. The van der Waals surface area contributed by atoms with Gasteiger partial charge in [-0.2, -0.15) is 0 Å². The van der Waals surface area contributed by atoms with Crippen molar-refractivity contribution < 1.29 is 28.6 Å². The molecular formula is C58H106O6. The second-order valence-corrected chi connectivity index (χ2v) is 18.8. The summed E-state index contributed by atoms with van der Waals surface area (Å²) in [4.78, 5) is 37.9. The fourth-order valence-electron chi connectivity index (χ4n) is 8.07. The summed E-state index contributed by atoms with van der Waals surface area (Å²) in [6.45, 7) is 6.55. The smallest absolute Gasteiger partial charge is 0.306 e. The van der Waals surface area contributed by atoms with Gasteiger partial charge in [-0.3, -0.25) is 14.4 Å². The number of hydrogen-bond donors (Lipinski definition) is 0. The van der Waals surface area contributed by atoms with E-state index in [1.807, 2.05) is 0 Å². The minimum absolute atomic E-state index is 0.0763. The maximum absolute atomic E-state index is 12.7. The third kappa shape index (κ3) is 50.6. The van der Waals surface area contributed by atoms with Gasteiger partial charge >= 0.3 is 17.9 Å². The van der Waals surface area contributed by atoms with Crippen LogP contribution in [-0.2, 0) is 28.6 Å². The first-order valence-corrected chi connectivity index (χ1v) is 28.0. The standard InChI is InChI=1S/C58H106O6/c1-4-7-10-13-16-19-22-23-24-25-26-27-28-29-30-31-32-33-34-35-37-39-42-45-48-51-57(60)63-54-55(53-62-56(59)50-47-44-41-38-21-18-15-12-9-6-3)64-58(61)52-49-46-43-40-36-20-17-14-11-8-5-2/h12,14-15,17,25-26,55H,4-11,13,16,18-24,27-54H2,1-3H3/b15-12-,17-14-,26-25-. The third-order valence-corrected chi connectivity index (χ3v) is 12.3. The highest BCUT2D eigenvalue weighted by Crippen LogP contribution is 2.16. The quantitative estimate of drug-likeness (QED) is 0.0262. The molecule has 0 aromatic carbocycles. The fourth-order valence-corrected chi connectivity index (χ4v) is 8.07. The predicted octanol–water partition coefficient (Wildman–Crippen LogP) is 18.5. The monoisotopic (exact) mass is 899 g/mol. The van der Waals surface area contributed by atoms with Crippen molar-refractivity contribution in [2.24, 2.45) is 0 Å². The lowest BCUT2D eigenvalue weighted by atomic mass is 10.0. The van der Waals surface area contributed by atoms with Crippen molar-refractivity contribution >= 4 is 17.9 Å². The van der Waals surface area contributed by atoms with E-state index in [9.17, 15) is 14.4 Å². The van der Waals surface area contributed by atoms with Crippen molar-refractivity contribution in [2.75, 3.05) is 13.2 Å². The molecule has 0 aromatic rings. The van der Waals surface area contributed by atoms with Crippen molar-refractivity contribution in [3.63, 3.8) is 0 Å². The van der Waals surface area contributed by atoms with Crippen molar-refractivity contribution in [1.82, 2.24) is 0 Å². The summed E-state index contributed by atoms with van der Waals surface area (Å²) in [5.74, 6) is -0.888. The minimum atomic E-state index is -0.776. The molecule has 6 nitrogen and oxygen atoms in total. The zero-order chi connectivity index (χ0) is 46.5. The average molecular weight is 899 g/mol. The molecule has 0 N–H and O–H groups in total. The van der Waals surface area contributed by atoms with E-state index >= 15 is 0 Å². The van der Waals surface area contributed by atoms with Gasteiger partial charge in [-0.1, -0.05) is 231 Å². The van der Waals surface area contributed by atoms with Gasteiger partial charge in [0, 0.05) is 19.3 Å². The Morgan fingerprint density at radius 3 is 0.891 bits per heavy atom. The maximum Gasteiger partial charge on any atom is 0.306 e. The zero-order valence-electron chi connectivity index (χ0n) is 42.8. The van der Waals surface area contributed by atoms with E-state index in [-0.39, 0.29) is 31.1 Å². The fraction of sp³-hybridized carbons (Fsp3) is 0.845. The lowest BCUT2D eigenvalue weighted by Gasteiger charge is -2.18. The van der Waals surface area contributed by atoms with Crippen LogP contribution < -0.4 is 0 Å². The summed E-state index contributed by atoms with van der Waals surface area (Å²) in [6.07, 6.45) is 63.0. The van der Waals surface area contributed by atoms with E-state index in [0.29, 0.717) is 19.3 Å². The number of esters is 3. The predicted molar refractivity (Wildman–Crippen MR) is 275 cm³/mol. The summed E-state index contributed by atoms with van der Waals surface area (Å²) in [7, 11) is 0. The molecule has 0 aromatic heterocycles. The number of rotatable bonds is 51. The first kappa shape index (κ1) is 61.6. The largest absolute Gasteiger partial charge is 0.462 e. The van der Waals surface area contributed by atoms with Crippen molar-refractivity contribution in [3.05, 3.63) is 36.5 Å². The Hall–Kier alpha value is -2.37. The molecule has 0 amide bonds. The van der Waals surface area contributed by atoms with Crippen molar-refractivity contribution in [1.29, 1.82) is 0 Å². The first-order chi connectivity index (χ1) is 31.5. The van der Waals surface area contributed by atoms with Gasteiger partial charge in [0.05, 0.1) is 0 Å². The second-order valence-electron chi connectivity index (χ2n) is 18.8. The van der Waals surface area contributed by atoms with Gasteiger partial charge in [0.15, 0.2) is 6.10 Å². The van der Waals surface area contributed by atoms with Crippen LogP contribution >= 0.6 is 0 Å². The van der Waals surface area contributed by atoms with Gasteiger partial charge in [-0.15, -0.1) is 0 Å². The van der Waals surface area contributed by atoms with Gasteiger partial charge < -0.3 is 14.2 Å². The Balaban J connectivity index is 4.13. The van der Waals surface area contributed by atoms with E-state index in [1.54, 1.807) is 0 Å². The Labute approximate surface area is 397 Å². The van der Waals surface area contributed by atoms with Gasteiger partial charge in [0.1, 0.15) is 13.2 Å². The summed E-state index contributed by atoms with van der Waals surface area (Å²) in [5.41, 5.74) is 0. The molecule has 0 rings (SSSR count). The molecule has 0 spiro atoms. The highest BCUT2D eigenvalue weighted by molar-refractivity contribution is 5.71. The van der Waals surface area contributed by atoms with E-state index < -0.39 is 6.10 Å². The molecule has 0 aliphatic rings. The molecule has 0 heterocycles. The second kappa shape index (κ2) is 53.2. The van der Waals surface area contributed by atoms with Crippen LogP contribution in [0.5, 0.6) is 0 Å². The molecule has 1 atom stereocenters. The summed E-state index contributed by atoms with van der Waals surface area (Å²) >= 11 is 0. The lowest BCUT2D eigenvalue weighted by molar-refractivity contribution is -0.167. The molecule has 6 heteroatoms. The van der Waals surface area contributed by atoms with Gasteiger partial charge in [-0.25, -0.2) is 0 Å². The van der Waals surface area contributed by atoms with Crippen LogP contribution in [0, 0.1) is 0 Å². The highest BCUT2D eigenvalue weighted by atomic mass is 16.6. The number of allylic oxidation sites excluding steroid dienone is 6. The van der Waals surface area contributed by atoms with E-state index in [1.165, 1.54) is 173 Å². The zero-order valence-corrected chi connectivity index (χ0v) is 42.8. The molecule has 0 bridgehead atoms. The summed E-state index contributed by atoms with van der Waals surface area (Å²) < 4.78 is 16.8. The molecule has 0 saturated heterocycles. The topological polar surface area (TPSA) is 78.9 Å². The van der Waals surface area contributed by atoms with Crippen LogP contribution in [0.4, 0.5) is 0 Å². The average Bonchev–Trinajstić information content (AvgIpc) is 3.29. The van der Waals surface area contributed by atoms with E-state index in [4.69, 9.17) is 14.2 Å². The Morgan fingerprint density at radius 1 is 0.297 bits per heavy atom. The van der Waals surface area contributed by atoms with Crippen LogP contribution in [0.3, 0.4) is 0 Å². The maximum atomic E-state index is 12.7. The summed E-state index contributed by atoms with van der Waals surface area (Å²) in [6, 6.07) is 0. The molecular weight excluding hydrogens is 793 g/mol. The van der Waals surface area contributed by atoms with Gasteiger partial charge in [0.25, 0.3) is 0 Å². The SMILES string of the molecule is CCC/C=C\CCCCCCCC(=O)OCC(COC(=O)CCCCCCCCCCCCCCC/C=C\CCCCCCCCCC)OC(=O)CCCCCCC/C=C\CCCC. The molecule has 0 aliphatic carbocycles. The molecule has 0 aliphatic heterocycles. The lowest BCUT2D eigenvalue weighted by Crippen LogP contribution is -2.30.